The van der Waals surface area contributed by atoms with Crippen LogP contribution < -0.4 is 4.72 Å². The van der Waals surface area contributed by atoms with Crippen LogP contribution >= 0.6 is 0 Å². The van der Waals surface area contributed by atoms with Gasteiger partial charge >= 0.3 is 11.9 Å². The van der Waals surface area contributed by atoms with Crippen LogP contribution in [0.15, 0.2) is 23.1 Å². The van der Waals surface area contributed by atoms with E-state index in [-0.39, 0.29) is 0 Å². The molecule has 0 bridgehead atoms. The molecule has 0 saturated heterocycles. The van der Waals surface area contributed by atoms with Gasteiger partial charge < -0.3 is 10.2 Å². The zero-order valence-electron chi connectivity index (χ0n) is 11.9. The maximum atomic E-state index is 13.7. The van der Waals surface area contributed by atoms with Gasteiger partial charge in [0.05, 0.1) is 5.56 Å². The summed E-state index contributed by atoms with van der Waals surface area (Å²) in [4.78, 5) is 21.1. The van der Waals surface area contributed by atoms with Gasteiger partial charge in [0.25, 0.3) is 0 Å². The van der Waals surface area contributed by atoms with Crippen LogP contribution in [0.2, 0.25) is 0 Å². The van der Waals surface area contributed by atoms with Gasteiger partial charge in [-0.25, -0.2) is 17.6 Å². The van der Waals surface area contributed by atoms with Crippen LogP contribution in [0.4, 0.5) is 4.39 Å². The molecular formula is C13H16FNO6S. The van der Waals surface area contributed by atoms with Crippen LogP contribution in [0.5, 0.6) is 0 Å². The highest BCUT2D eigenvalue weighted by Gasteiger charge is 2.31. The first kappa shape index (κ1) is 18.1. The van der Waals surface area contributed by atoms with Gasteiger partial charge in [0, 0.05) is 0 Å². The Bertz CT molecular complexity index is 688. The lowest BCUT2D eigenvalue weighted by Crippen LogP contribution is -2.45. The molecule has 0 aromatic heterocycles. The molecule has 9 heteroatoms. The Morgan fingerprint density at radius 3 is 2.36 bits per heavy atom. The molecule has 0 heterocycles. The van der Waals surface area contributed by atoms with E-state index in [9.17, 15) is 22.4 Å². The van der Waals surface area contributed by atoms with Crippen molar-refractivity contribution in [1.29, 1.82) is 0 Å². The summed E-state index contributed by atoms with van der Waals surface area (Å²) in [7, 11) is -4.52. The zero-order chi connectivity index (χ0) is 17.1. The fourth-order valence-corrected chi connectivity index (χ4v) is 3.12. The number of aromatic carboxylic acids is 1. The average Bonchev–Trinajstić information content (AvgIpc) is 2.43. The van der Waals surface area contributed by atoms with E-state index in [0.29, 0.717) is 18.6 Å². The van der Waals surface area contributed by atoms with Crippen LogP contribution in [0.1, 0.15) is 30.6 Å². The topological polar surface area (TPSA) is 121 Å². The molecule has 0 amide bonds. The quantitative estimate of drug-likeness (QED) is 0.691. The maximum Gasteiger partial charge on any atom is 0.335 e. The number of hydrogen-bond acceptors (Lipinski definition) is 4. The molecule has 1 rings (SSSR count). The highest BCUT2D eigenvalue weighted by Crippen LogP contribution is 2.19. The summed E-state index contributed by atoms with van der Waals surface area (Å²) >= 11 is 0. The molecule has 0 unspecified atom stereocenters. The number of carboxylic acid groups (broad SMARTS) is 2. The van der Waals surface area contributed by atoms with Gasteiger partial charge in [0.15, 0.2) is 0 Å². The van der Waals surface area contributed by atoms with Crippen molar-refractivity contribution in [3.8, 4) is 0 Å². The summed E-state index contributed by atoms with van der Waals surface area (Å²) in [5.41, 5.74) is -0.419. The lowest BCUT2D eigenvalue weighted by atomic mass is 10.0. The van der Waals surface area contributed by atoms with E-state index in [2.05, 4.69) is 0 Å². The Morgan fingerprint density at radius 1 is 1.32 bits per heavy atom. The number of nitrogens with one attached hydrogen (secondary N) is 1. The second-order valence-corrected chi connectivity index (χ2v) is 6.46. The number of carboxylic acids is 2. The molecular weight excluding hydrogens is 317 g/mol. The summed E-state index contributed by atoms with van der Waals surface area (Å²) < 4.78 is 39.9. The first-order valence-corrected chi connectivity index (χ1v) is 7.86. The molecule has 122 valence electrons. The number of carbonyl (C=O) groups is 2. The smallest absolute Gasteiger partial charge is 0.335 e. The van der Waals surface area contributed by atoms with E-state index in [1.54, 1.807) is 6.92 Å². The number of aliphatic carboxylic acids is 1. The summed E-state index contributed by atoms with van der Waals surface area (Å²) in [6.07, 6.45) is 0.386. The van der Waals surface area contributed by atoms with Crippen molar-refractivity contribution in [2.75, 3.05) is 0 Å². The number of hydrogen-bond donors (Lipinski definition) is 3. The van der Waals surface area contributed by atoms with Crippen LogP contribution in [-0.4, -0.2) is 36.6 Å². The largest absolute Gasteiger partial charge is 0.480 e. The Morgan fingerprint density at radius 2 is 1.91 bits per heavy atom. The van der Waals surface area contributed by atoms with Crippen LogP contribution in [0.25, 0.3) is 0 Å². The Labute approximate surface area is 126 Å². The van der Waals surface area contributed by atoms with Gasteiger partial charge in [0.2, 0.25) is 10.0 Å². The van der Waals surface area contributed by atoms with Gasteiger partial charge in [-0.3, -0.25) is 4.79 Å². The van der Waals surface area contributed by atoms with Crippen molar-refractivity contribution >= 4 is 22.0 Å². The van der Waals surface area contributed by atoms with Crippen LogP contribution in [0, 0.1) is 11.7 Å². The number of halogens is 1. The third-order valence-electron chi connectivity index (χ3n) is 3.23. The first-order valence-electron chi connectivity index (χ1n) is 6.38. The Hall–Kier alpha value is -2.00. The molecule has 1 aromatic rings. The van der Waals surface area contributed by atoms with E-state index in [4.69, 9.17) is 10.2 Å². The fraction of sp³-hybridized carbons (Fsp3) is 0.385. The van der Waals surface area contributed by atoms with Gasteiger partial charge in [0.1, 0.15) is 16.8 Å². The third-order valence-corrected chi connectivity index (χ3v) is 4.68. The minimum absolute atomic E-state index is 0.386. The van der Waals surface area contributed by atoms with Gasteiger partial charge in [-0.15, -0.1) is 0 Å². The monoisotopic (exact) mass is 333 g/mol. The van der Waals surface area contributed by atoms with Crippen molar-refractivity contribution in [2.45, 2.75) is 31.2 Å². The molecule has 0 fully saturated rings. The van der Waals surface area contributed by atoms with E-state index in [0.717, 1.165) is 6.07 Å². The number of benzene rings is 1. The standard InChI is InChI=1S/C13H16FNO6S/c1-3-7(2)11(13(18)19)15-22(20,21)10-6-8(12(16)17)4-5-9(10)14/h4-7,11,15H,3H2,1-2H3,(H,16,17)(H,18,19)/t7-,11-/m0/s1. The zero-order valence-corrected chi connectivity index (χ0v) is 12.7. The van der Waals surface area contributed by atoms with Crippen molar-refractivity contribution in [3.05, 3.63) is 29.6 Å². The fourth-order valence-electron chi connectivity index (χ4n) is 1.72. The Balaban J connectivity index is 3.26. The van der Waals surface area contributed by atoms with Crippen LogP contribution in [0.3, 0.4) is 0 Å². The summed E-state index contributed by atoms with van der Waals surface area (Å²) in [6.45, 7) is 3.21. The molecule has 0 aliphatic heterocycles. The normalized spacial score (nSPS) is 14.3. The summed E-state index contributed by atoms with van der Waals surface area (Å²) in [5.74, 6) is -4.51. The molecule has 2 atom stereocenters. The Kier molecular flexibility index (Phi) is 5.61. The minimum Gasteiger partial charge on any atom is -0.480 e. The summed E-state index contributed by atoms with van der Waals surface area (Å²) in [5, 5.41) is 17.9. The molecule has 0 radical (unpaired) electrons. The molecule has 0 spiro atoms. The molecule has 7 nitrogen and oxygen atoms in total. The predicted molar refractivity (Wildman–Crippen MR) is 74.6 cm³/mol. The van der Waals surface area contributed by atoms with Gasteiger partial charge in [-0.1, -0.05) is 20.3 Å². The van der Waals surface area contributed by atoms with Gasteiger partial charge in [-0.2, -0.15) is 4.72 Å². The van der Waals surface area contributed by atoms with Crippen LogP contribution in [-0.2, 0) is 14.8 Å². The minimum atomic E-state index is -4.52. The van der Waals surface area contributed by atoms with Gasteiger partial charge in [-0.05, 0) is 24.1 Å². The van der Waals surface area contributed by atoms with E-state index in [1.165, 1.54) is 6.92 Å². The number of rotatable bonds is 7. The third kappa shape index (κ3) is 4.01. The average molecular weight is 333 g/mol. The lowest BCUT2D eigenvalue weighted by Gasteiger charge is -2.20. The highest BCUT2D eigenvalue weighted by atomic mass is 32.2. The second kappa shape index (κ2) is 6.84. The first-order chi connectivity index (χ1) is 10.1. The molecule has 3 N–H and O–H groups in total. The molecule has 0 aliphatic carbocycles. The molecule has 0 saturated carbocycles. The second-order valence-electron chi connectivity index (χ2n) is 4.77. The SMILES string of the molecule is CC[C@H](C)[C@H](NS(=O)(=O)c1cc(C(=O)O)ccc1F)C(=O)O. The van der Waals surface area contributed by atoms with Crippen molar-refractivity contribution in [2.24, 2.45) is 5.92 Å². The molecule has 22 heavy (non-hydrogen) atoms. The van der Waals surface area contributed by atoms with E-state index in [1.807, 2.05) is 4.72 Å². The van der Waals surface area contributed by atoms with Crippen molar-refractivity contribution in [1.82, 2.24) is 4.72 Å². The molecule has 1 aromatic carbocycles. The van der Waals surface area contributed by atoms with E-state index >= 15 is 0 Å². The van der Waals surface area contributed by atoms with Crippen molar-refractivity contribution in [3.63, 3.8) is 0 Å². The lowest BCUT2D eigenvalue weighted by molar-refractivity contribution is -0.140. The predicted octanol–water partition coefficient (Wildman–Crippen LogP) is 1.30. The number of sulfonamides is 1. The van der Waals surface area contributed by atoms with Crippen molar-refractivity contribution < 1.29 is 32.6 Å². The summed E-state index contributed by atoms with van der Waals surface area (Å²) in [6, 6.07) is 0.829. The molecule has 0 aliphatic rings. The van der Waals surface area contributed by atoms with E-state index < -0.39 is 50.2 Å². The highest BCUT2D eigenvalue weighted by molar-refractivity contribution is 7.89. The maximum absolute atomic E-state index is 13.7.